The van der Waals surface area contributed by atoms with Crippen molar-refractivity contribution in [2.24, 2.45) is 11.8 Å². The van der Waals surface area contributed by atoms with Crippen molar-refractivity contribution in [1.29, 1.82) is 0 Å². The molecule has 0 spiro atoms. The van der Waals surface area contributed by atoms with Crippen LogP contribution in [0, 0.1) is 11.8 Å². The molecular formula is C13H20N2O2S. The molecule has 0 amide bonds. The summed E-state index contributed by atoms with van der Waals surface area (Å²) in [5.41, 5.74) is 1.08. The monoisotopic (exact) mass is 268 g/mol. The molecule has 2 rings (SSSR count). The molecule has 1 fully saturated rings. The Kier molecular flexibility index (Phi) is 4.35. The Morgan fingerprint density at radius 1 is 1.61 bits per heavy atom. The number of thiazole rings is 1. The van der Waals surface area contributed by atoms with E-state index in [0.717, 1.165) is 31.6 Å². The van der Waals surface area contributed by atoms with Crippen molar-refractivity contribution in [3.05, 3.63) is 16.1 Å². The molecule has 0 saturated carbocycles. The SMILES string of the molecule is CCCc1nc(CN2C[C@@H](C)[C@H](C(=O)O)C2)cs1. The van der Waals surface area contributed by atoms with E-state index in [9.17, 15) is 4.79 Å². The van der Waals surface area contributed by atoms with E-state index in [1.54, 1.807) is 11.3 Å². The van der Waals surface area contributed by atoms with E-state index in [0.29, 0.717) is 6.54 Å². The Balaban J connectivity index is 1.92. The van der Waals surface area contributed by atoms with Crippen molar-refractivity contribution in [3.8, 4) is 0 Å². The van der Waals surface area contributed by atoms with E-state index >= 15 is 0 Å². The summed E-state index contributed by atoms with van der Waals surface area (Å²) in [5.74, 6) is -0.662. The molecule has 2 atom stereocenters. The zero-order chi connectivity index (χ0) is 13.1. The van der Waals surface area contributed by atoms with Crippen molar-refractivity contribution in [3.63, 3.8) is 0 Å². The number of hydrogen-bond donors (Lipinski definition) is 1. The minimum absolute atomic E-state index is 0.223. The van der Waals surface area contributed by atoms with Crippen molar-refractivity contribution >= 4 is 17.3 Å². The van der Waals surface area contributed by atoms with Crippen LogP contribution in [0.15, 0.2) is 5.38 Å². The molecule has 1 aliphatic heterocycles. The summed E-state index contributed by atoms with van der Waals surface area (Å²) in [6.07, 6.45) is 2.16. The van der Waals surface area contributed by atoms with Crippen LogP contribution in [-0.4, -0.2) is 34.0 Å². The molecule has 4 nitrogen and oxygen atoms in total. The summed E-state index contributed by atoms with van der Waals surface area (Å²) >= 11 is 1.71. The van der Waals surface area contributed by atoms with Crippen LogP contribution in [0.1, 0.15) is 31.0 Å². The predicted octanol–water partition coefficient (Wildman–Crippen LogP) is 2.25. The lowest BCUT2D eigenvalue weighted by molar-refractivity contribution is -0.142. The highest BCUT2D eigenvalue weighted by atomic mass is 32.1. The molecule has 100 valence electrons. The van der Waals surface area contributed by atoms with Crippen molar-refractivity contribution < 1.29 is 9.90 Å². The normalized spacial score (nSPS) is 24.6. The van der Waals surface area contributed by atoms with Crippen LogP contribution in [0.4, 0.5) is 0 Å². The van der Waals surface area contributed by atoms with Gasteiger partial charge in [0.15, 0.2) is 0 Å². The number of likely N-dealkylation sites (tertiary alicyclic amines) is 1. The second-order valence-corrected chi connectivity index (χ2v) is 6.04. The van der Waals surface area contributed by atoms with E-state index in [2.05, 4.69) is 22.2 Å². The van der Waals surface area contributed by atoms with Crippen molar-refractivity contribution in [1.82, 2.24) is 9.88 Å². The van der Waals surface area contributed by atoms with Crippen LogP contribution in [0.25, 0.3) is 0 Å². The second kappa shape index (κ2) is 5.80. The molecule has 1 saturated heterocycles. The average molecular weight is 268 g/mol. The van der Waals surface area contributed by atoms with Crippen LogP contribution in [0.5, 0.6) is 0 Å². The molecule has 1 aliphatic rings. The Labute approximate surface area is 112 Å². The molecule has 2 heterocycles. The summed E-state index contributed by atoms with van der Waals surface area (Å²) in [6.45, 7) is 6.46. The Morgan fingerprint density at radius 3 is 3.00 bits per heavy atom. The first-order chi connectivity index (χ1) is 8.60. The predicted molar refractivity (Wildman–Crippen MR) is 71.7 cm³/mol. The van der Waals surface area contributed by atoms with Gasteiger partial charge in [-0.05, 0) is 18.8 Å². The third kappa shape index (κ3) is 3.09. The number of hydrogen-bond acceptors (Lipinski definition) is 4. The average Bonchev–Trinajstić information content (AvgIpc) is 2.87. The maximum atomic E-state index is 11.1. The molecule has 5 heteroatoms. The van der Waals surface area contributed by atoms with Crippen molar-refractivity contribution in [2.45, 2.75) is 33.2 Å². The molecule has 0 aliphatic carbocycles. The topological polar surface area (TPSA) is 53.4 Å². The number of aryl methyl sites for hydroxylation is 1. The lowest BCUT2D eigenvalue weighted by Crippen LogP contribution is -2.23. The van der Waals surface area contributed by atoms with Crippen LogP contribution in [0.3, 0.4) is 0 Å². The summed E-state index contributed by atoms with van der Waals surface area (Å²) in [5, 5.41) is 12.4. The highest BCUT2D eigenvalue weighted by Gasteiger charge is 2.34. The van der Waals surface area contributed by atoms with Crippen LogP contribution in [0.2, 0.25) is 0 Å². The van der Waals surface area contributed by atoms with Crippen LogP contribution < -0.4 is 0 Å². The first-order valence-electron chi connectivity index (χ1n) is 6.48. The van der Waals surface area contributed by atoms with Gasteiger partial charge in [0.05, 0.1) is 16.6 Å². The maximum Gasteiger partial charge on any atom is 0.308 e. The number of aliphatic carboxylic acids is 1. The fraction of sp³-hybridized carbons (Fsp3) is 0.692. The van der Waals surface area contributed by atoms with Gasteiger partial charge in [-0.1, -0.05) is 13.8 Å². The number of carbonyl (C=O) groups is 1. The summed E-state index contributed by atoms with van der Waals surface area (Å²) in [6, 6.07) is 0. The zero-order valence-corrected chi connectivity index (χ0v) is 11.7. The highest BCUT2D eigenvalue weighted by molar-refractivity contribution is 7.09. The quantitative estimate of drug-likeness (QED) is 0.890. The zero-order valence-electron chi connectivity index (χ0n) is 10.9. The molecule has 0 unspecified atom stereocenters. The number of carboxylic acid groups (broad SMARTS) is 1. The lowest BCUT2D eigenvalue weighted by Gasteiger charge is -2.12. The third-order valence-electron chi connectivity index (χ3n) is 3.45. The molecule has 1 N–H and O–H groups in total. The molecular weight excluding hydrogens is 248 g/mol. The van der Waals surface area contributed by atoms with Crippen molar-refractivity contribution in [2.75, 3.05) is 13.1 Å². The largest absolute Gasteiger partial charge is 0.481 e. The van der Waals surface area contributed by atoms with E-state index < -0.39 is 5.97 Å². The lowest BCUT2D eigenvalue weighted by atomic mass is 9.99. The van der Waals surface area contributed by atoms with E-state index in [4.69, 9.17) is 5.11 Å². The van der Waals surface area contributed by atoms with Gasteiger partial charge in [0.25, 0.3) is 0 Å². The third-order valence-corrected chi connectivity index (χ3v) is 4.41. The number of rotatable bonds is 5. The van der Waals surface area contributed by atoms with Gasteiger partial charge in [0.2, 0.25) is 0 Å². The molecule has 18 heavy (non-hydrogen) atoms. The summed E-state index contributed by atoms with van der Waals surface area (Å²) in [4.78, 5) is 17.8. The van der Waals surface area contributed by atoms with Crippen LogP contribution >= 0.6 is 11.3 Å². The van der Waals surface area contributed by atoms with Gasteiger partial charge >= 0.3 is 5.97 Å². The highest BCUT2D eigenvalue weighted by Crippen LogP contribution is 2.25. The second-order valence-electron chi connectivity index (χ2n) is 5.10. The first-order valence-corrected chi connectivity index (χ1v) is 7.36. The van der Waals surface area contributed by atoms with Crippen LogP contribution in [-0.2, 0) is 17.8 Å². The Hall–Kier alpha value is -0.940. The minimum atomic E-state index is -0.671. The van der Waals surface area contributed by atoms with E-state index in [1.807, 2.05) is 6.92 Å². The van der Waals surface area contributed by atoms with E-state index in [-0.39, 0.29) is 11.8 Å². The number of carboxylic acids is 1. The van der Waals surface area contributed by atoms with Gasteiger partial charge in [0, 0.05) is 25.0 Å². The standard InChI is InChI=1S/C13H20N2O2S/c1-3-4-12-14-10(8-18-12)6-15-5-9(2)11(7-15)13(16)17/h8-9,11H,3-7H2,1-2H3,(H,16,17)/t9-,11-/m1/s1. The first kappa shape index (κ1) is 13.5. The summed E-state index contributed by atoms with van der Waals surface area (Å²) in [7, 11) is 0. The Bertz CT molecular complexity index is 419. The van der Waals surface area contributed by atoms with Gasteiger partial charge in [-0.15, -0.1) is 11.3 Å². The molecule has 0 bridgehead atoms. The number of aromatic nitrogens is 1. The fourth-order valence-corrected chi connectivity index (χ4v) is 3.39. The number of nitrogens with zero attached hydrogens (tertiary/aromatic N) is 2. The smallest absolute Gasteiger partial charge is 0.308 e. The maximum absolute atomic E-state index is 11.1. The molecule has 1 aromatic rings. The van der Waals surface area contributed by atoms with Gasteiger partial charge in [-0.3, -0.25) is 9.69 Å². The van der Waals surface area contributed by atoms with Gasteiger partial charge in [0.1, 0.15) is 0 Å². The summed E-state index contributed by atoms with van der Waals surface area (Å²) < 4.78 is 0. The minimum Gasteiger partial charge on any atom is -0.481 e. The van der Waals surface area contributed by atoms with Gasteiger partial charge < -0.3 is 5.11 Å². The van der Waals surface area contributed by atoms with E-state index in [1.165, 1.54) is 5.01 Å². The fourth-order valence-electron chi connectivity index (χ4n) is 2.50. The molecule has 0 aromatic carbocycles. The van der Waals surface area contributed by atoms with Gasteiger partial charge in [-0.2, -0.15) is 0 Å². The molecule has 1 aromatic heterocycles. The molecule has 0 radical (unpaired) electrons. The Morgan fingerprint density at radius 2 is 2.39 bits per heavy atom. The van der Waals surface area contributed by atoms with Gasteiger partial charge in [-0.25, -0.2) is 4.98 Å².